The molecular formula is C19H25NO2. The van der Waals surface area contributed by atoms with Crippen molar-refractivity contribution in [2.75, 3.05) is 7.11 Å². The first kappa shape index (κ1) is 15.1. The van der Waals surface area contributed by atoms with Crippen molar-refractivity contribution < 1.29 is 9.53 Å². The number of carbonyl (C=O) groups excluding carboxylic acids is 1. The lowest BCUT2D eigenvalue weighted by Gasteiger charge is -2.42. The molecule has 0 N–H and O–H groups in total. The standard InChI is InChI=1S/C19H25NO2/c1-3-19(21)20-13-16-11-17(22-2)10-9-15(16)12-18(20)14-7-5-4-6-8-14/h3,9-11,14,18H,1,4-8,12-13H2,2H3. The van der Waals surface area contributed by atoms with Crippen LogP contribution in [0.15, 0.2) is 30.9 Å². The van der Waals surface area contributed by atoms with Crippen molar-refractivity contribution in [1.29, 1.82) is 0 Å². The quantitative estimate of drug-likeness (QED) is 0.796. The van der Waals surface area contributed by atoms with Gasteiger partial charge in [0.25, 0.3) is 0 Å². The SMILES string of the molecule is C=CC(=O)N1Cc2cc(OC)ccc2CC1C1CCCCC1. The van der Waals surface area contributed by atoms with Crippen LogP contribution in [-0.4, -0.2) is 24.0 Å². The third-order valence-electron chi connectivity index (χ3n) is 5.24. The van der Waals surface area contributed by atoms with E-state index in [4.69, 9.17) is 4.74 Å². The van der Waals surface area contributed by atoms with Gasteiger partial charge in [0, 0.05) is 12.6 Å². The first-order chi connectivity index (χ1) is 10.7. The molecule has 3 rings (SSSR count). The Morgan fingerprint density at radius 1 is 1.27 bits per heavy atom. The van der Waals surface area contributed by atoms with Gasteiger partial charge in [-0.2, -0.15) is 0 Å². The van der Waals surface area contributed by atoms with Crippen molar-refractivity contribution in [2.45, 2.75) is 51.1 Å². The Bertz CT molecular complexity index is 561. The lowest BCUT2D eigenvalue weighted by Crippen LogP contribution is -2.48. The molecule has 1 heterocycles. The average Bonchev–Trinajstić information content (AvgIpc) is 2.60. The largest absolute Gasteiger partial charge is 0.497 e. The summed E-state index contributed by atoms with van der Waals surface area (Å²) in [5, 5.41) is 0. The summed E-state index contributed by atoms with van der Waals surface area (Å²) in [6, 6.07) is 6.59. The van der Waals surface area contributed by atoms with Crippen molar-refractivity contribution in [3.8, 4) is 5.75 Å². The summed E-state index contributed by atoms with van der Waals surface area (Å²) in [4.78, 5) is 14.4. The van der Waals surface area contributed by atoms with Crippen LogP contribution in [0.2, 0.25) is 0 Å². The summed E-state index contributed by atoms with van der Waals surface area (Å²) in [5.74, 6) is 1.55. The van der Waals surface area contributed by atoms with Crippen LogP contribution >= 0.6 is 0 Å². The third-order valence-corrected chi connectivity index (χ3v) is 5.24. The highest BCUT2D eigenvalue weighted by Crippen LogP contribution is 2.36. The van der Waals surface area contributed by atoms with Crippen LogP contribution in [0.1, 0.15) is 43.2 Å². The van der Waals surface area contributed by atoms with E-state index in [1.54, 1.807) is 7.11 Å². The maximum absolute atomic E-state index is 12.4. The Kier molecular flexibility index (Phi) is 4.51. The van der Waals surface area contributed by atoms with Gasteiger partial charge in [-0.3, -0.25) is 4.79 Å². The minimum Gasteiger partial charge on any atom is -0.497 e. The Morgan fingerprint density at radius 2 is 2.05 bits per heavy atom. The molecule has 0 saturated heterocycles. The Balaban J connectivity index is 1.90. The molecule has 1 aromatic carbocycles. The van der Waals surface area contributed by atoms with Crippen LogP contribution in [0.5, 0.6) is 5.75 Å². The zero-order valence-electron chi connectivity index (χ0n) is 13.4. The van der Waals surface area contributed by atoms with Crippen LogP contribution in [0.3, 0.4) is 0 Å². The van der Waals surface area contributed by atoms with Gasteiger partial charge < -0.3 is 9.64 Å². The molecule has 1 unspecified atom stereocenters. The van der Waals surface area contributed by atoms with E-state index in [0.717, 1.165) is 12.2 Å². The molecule has 118 valence electrons. The number of rotatable bonds is 3. The summed E-state index contributed by atoms with van der Waals surface area (Å²) in [6.07, 6.45) is 8.85. The van der Waals surface area contributed by atoms with E-state index < -0.39 is 0 Å². The van der Waals surface area contributed by atoms with Gasteiger partial charge in [0.15, 0.2) is 0 Å². The molecule has 0 spiro atoms. The van der Waals surface area contributed by atoms with Gasteiger partial charge in [0.05, 0.1) is 7.11 Å². The first-order valence-corrected chi connectivity index (χ1v) is 8.31. The van der Waals surface area contributed by atoms with Crippen molar-refractivity contribution >= 4 is 5.91 Å². The highest BCUT2D eigenvalue weighted by atomic mass is 16.5. The number of methoxy groups -OCH3 is 1. The molecule has 1 atom stereocenters. The molecule has 0 aromatic heterocycles. The van der Waals surface area contributed by atoms with Gasteiger partial charge >= 0.3 is 0 Å². The smallest absolute Gasteiger partial charge is 0.246 e. The molecule has 1 aliphatic carbocycles. The number of fused-ring (bicyclic) bond motifs is 1. The molecule has 1 aliphatic heterocycles. The van der Waals surface area contributed by atoms with Gasteiger partial charge in [-0.05, 0) is 54.5 Å². The number of nitrogens with zero attached hydrogens (tertiary/aromatic N) is 1. The highest BCUT2D eigenvalue weighted by Gasteiger charge is 2.34. The molecule has 2 aliphatic rings. The Morgan fingerprint density at radius 3 is 2.73 bits per heavy atom. The van der Waals surface area contributed by atoms with Gasteiger partial charge in [0.2, 0.25) is 5.91 Å². The van der Waals surface area contributed by atoms with Crippen molar-refractivity contribution in [2.24, 2.45) is 5.92 Å². The van der Waals surface area contributed by atoms with Crippen LogP contribution in [0.25, 0.3) is 0 Å². The average molecular weight is 299 g/mol. The topological polar surface area (TPSA) is 29.5 Å². The zero-order chi connectivity index (χ0) is 15.5. The number of hydrogen-bond donors (Lipinski definition) is 0. The van der Waals surface area contributed by atoms with Crippen LogP contribution in [0.4, 0.5) is 0 Å². The predicted octanol–water partition coefficient (Wildman–Crippen LogP) is 3.71. The number of carbonyl (C=O) groups is 1. The van der Waals surface area contributed by atoms with E-state index in [0.29, 0.717) is 18.5 Å². The van der Waals surface area contributed by atoms with E-state index in [-0.39, 0.29) is 5.91 Å². The third kappa shape index (κ3) is 2.90. The molecule has 0 radical (unpaired) electrons. The Hall–Kier alpha value is -1.77. The van der Waals surface area contributed by atoms with E-state index >= 15 is 0 Å². The van der Waals surface area contributed by atoms with E-state index in [9.17, 15) is 4.79 Å². The van der Waals surface area contributed by atoms with Crippen LogP contribution in [0, 0.1) is 5.92 Å². The minimum atomic E-state index is 0.0593. The Labute approximate surface area is 133 Å². The summed E-state index contributed by atoms with van der Waals surface area (Å²) in [5.41, 5.74) is 2.58. The molecule has 1 amide bonds. The van der Waals surface area contributed by atoms with E-state index in [1.165, 1.54) is 49.3 Å². The molecule has 22 heavy (non-hydrogen) atoms. The second-order valence-corrected chi connectivity index (χ2v) is 6.47. The van der Waals surface area contributed by atoms with Gasteiger partial charge in [-0.25, -0.2) is 0 Å². The molecule has 1 saturated carbocycles. The fourth-order valence-corrected chi connectivity index (χ4v) is 4.01. The first-order valence-electron chi connectivity index (χ1n) is 8.31. The fraction of sp³-hybridized carbons (Fsp3) is 0.526. The highest BCUT2D eigenvalue weighted by molar-refractivity contribution is 5.87. The molecule has 3 heteroatoms. The van der Waals surface area contributed by atoms with Gasteiger partial charge in [-0.1, -0.05) is 31.9 Å². The molecule has 3 nitrogen and oxygen atoms in total. The van der Waals surface area contributed by atoms with E-state index in [2.05, 4.69) is 18.7 Å². The predicted molar refractivity (Wildman–Crippen MR) is 87.8 cm³/mol. The minimum absolute atomic E-state index is 0.0593. The maximum atomic E-state index is 12.4. The summed E-state index contributed by atoms with van der Waals surface area (Å²) in [7, 11) is 1.68. The second-order valence-electron chi connectivity index (χ2n) is 6.47. The molecule has 0 bridgehead atoms. The number of benzene rings is 1. The van der Waals surface area contributed by atoms with Crippen LogP contribution < -0.4 is 4.74 Å². The normalized spacial score (nSPS) is 22.0. The van der Waals surface area contributed by atoms with Gasteiger partial charge in [0.1, 0.15) is 5.75 Å². The van der Waals surface area contributed by atoms with Gasteiger partial charge in [-0.15, -0.1) is 0 Å². The fourth-order valence-electron chi connectivity index (χ4n) is 4.01. The zero-order valence-corrected chi connectivity index (χ0v) is 13.4. The summed E-state index contributed by atoms with van der Waals surface area (Å²) >= 11 is 0. The molecule has 1 aromatic rings. The van der Waals surface area contributed by atoms with Crippen molar-refractivity contribution in [3.63, 3.8) is 0 Å². The van der Waals surface area contributed by atoms with Crippen LogP contribution in [-0.2, 0) is 17.8 Å². The number of amides is 1. The lowest BCUT2D eigenvalue weighted by molar-refractivity contribution is -0.131. The number of ether oxygens (including phenoxy) is 1. The lowest BCUT2D eigenvalue weighted by atomic mass is 9.78. The molecular weight excluding hydrogens is 274 g/mol. The monoisotopic (exact) mass is 299 g/mol. The summed E-state index contributed by atoms with van der Waals surface area (Å²) < 4.78 is 5.32. The number of hydrogen-bond acceptors (Lipinski definition) is 2. The second kappa shape index (κ2) is 6.55. The summed E-state index contributed by atoms with van der Waals surface area (Å²) in [6.45, 7) is 4.37. The van der Waals surface area contributed by atoms with Crippen molar-refractivity contribution in [1.82, 2.24) is 4.90 Å². The maximum Gasteiger partial charge on any atom is 0.246 e. The molecule has 1 fully saturated rings. The van der Waals surface area contributed by atoms with E-state index in [1.807, 2.05) is 11.0 Å². The van der Waals surface area contributed by atoms with Crippen molar-refractivity contribution in [3.05, 3.63) is 42.0 Å².